The minimum Gasteiger partial charge on any atom is -0.457 e. The molecule has 0 aliphatic carbocycles. The van der Waals surface area contributed by atoms with E-state index in [0.29, 0.717) is 0 Å². The summed E-state index contributed by atoms with van der Waals surface area (Å²) in [5, 5.41) is 4.90. The Hall–Kier alpha value is -6.37. The van der Waals surface area contributed by atoms with Crippen LogP contribution < -0.4 is 9.64 Å². The highest BCUT2D eigenvalue weighted by Crippen LogP contribution is 2.45. The lowest BCUT2D eigenvalue weighted by Gasteiger charge is -2.23. The van der Waals surface area contributed by atoms with E-state index in [1.807, 2.05) is 23.6 Å². The Balaban J connectivity index is 1.11. The lowest BCUT2D eigenvalue weighted by molar-refractivity contribution is 0.482. The van der Waals surface area contributed by atoms with Crippen molar-refractivity contribution in [2.45, 2.75) is 26.2 Å². The van der Waals surface area contributed by atoms with Gasteiger partial charge in [0.25, 0.3) is 0 Å². The Kier molecular flexibility index (Phi) is 7.79. The van der Waals surface area contributed by atoms with Crippen LogP contribution in [0.3, 0.4) is 0 Å². The molecule has 0 atom stereocenters. The first-order valence-corrected chi connectivity index (χ1v) is 19.6. The minimum atomic E-state index is -0.0261. The summed E-state index contributed by atoms with van der Waals surface area (Å²) in [6, 6.07) is 53.9. The number of pyridine rings is 1. The molecule has 6 aromatic carbocycles. The van der Waals surface area contributed by atoms with Crippen LogP contribution in [0.5, 0.6) is 11.5 Å². The van der Waals surface area contributed by atoms with Gasteiger partial charge in [-0.25, -0.2) is 4.98 Å². The first kappa shape index (κ1) is 33.2. The quantitative estimate of drug-likeness (QED) is 0.170. The predicted molar refractivity (Wildman–Crippen MR) is 231 cm³/mol. The largest absolute Gasteiger partial charge is 0.457 e. The fourth-order valence-corrected chi connectivity index (χ4v) is 9.28. The van der Waals surface area contributed by atoms with Crippen LogP contribution in [-0.2, 0) is 5.41 Å². The smallest absolute Gasteiger partial charge is 0.137 e. The van der Waals surface area contributed by atoms with Crippen LogP contribution in [0.1, 0.15) is 37.5 Å². The molecule has 0 fully saturated rings. The van der Waals surface area contributed by atoms with Gasteiger partial charge in [0.1, 0.15) is 17.3 Å². The molecule has 9 aromatic rings. The number of benzene rings is 6. The number of hydrogen-bond acceptors (Lipinski definition) is 5. The first-order chi connectivity index (χ1) is 26.8. The van der Waals surface area contributed by atoms with Gasteiger partial charge in [-0.05, 0) is 65.1 Å². The zero-order chi connectivity index (χ0) is 37.3. The van der Waals surface area contributed by atoms with Gasteiger partial charge in [-0.2, -0.15) is 0 Å². The predicted octanol–water partition coefficient (Wildman–Crippen LogP) is 12.9. The van der Waals surface area contributed by atoms with Gasteiger partial charge in [-0.1, -0.05) is 112 Å². The van der Waals surface area contributed by atoms with Crippen molar-refractivity contribution in [2.75, 3.05) is 18.6 Å². The van der Waals surface area contributed by atoms with E-state index in [0.717, 1.165) is 35.2 Å². The van der Waals surface area contributed by atoms with Gasteiger partial charge in [0.05, 0.1) is 29.1 Å². The minimum absolute atomic E-state index is 0.0261. The van der Waals surface area contributed by atoms with Crippen LogP contribution in [0.25, 0.3) is 59.2 Å². The number of hydrogen-bond donors (Lipinski definition) is 0. The van der Waals surface area contributed by atoms with Crippen molar-refractivity contribution in [1.29, 1.82) is 0 Å². The number of anilines is 1. The van der Waals surface area contributed by atoms with Crippen LogP contribution in [0.2, 0.25) is 0 Å². The van der Waals surface area contributed by atoms with E-state index in [2.05, 4.69) is 188 Å². The second kappa shape index (κ2) is 12.9. The second-order valence-electron chi connectivity index (χ2n) is 15.4. The third-order valence-corrected chi connectivity index (χ3v) is 11.9. The summed E-state index contributed by atoms with van der Waals surface area (Å²) in [4.78, 5) is 9.73. The number of fused-ring (bicyclic) bond motifs is 7. The van der Waals surface area contributed by atoms with E-state index >= 15 is 0 Å². The van der Waals surface area contributed by atoms with E-state index in [4.69, 9.17) is 9.72 Å². The average molecular weight is 733 g/mol. The van der Waals surface area contributed by atoms with Crippen molar-refractivity contribution in [3.63, 3.8) is 0 Å². The zero-order valence-electron chi connectivity index (χ0n) is 31.3. The number of nitrogens with zero attached hydrogens (tertiary/aromatic N) is 4. The third kappa shape index (κ3) is 5.64. The fraction of sp³-hybridized carbons (Fsp3) is 0.122. The average Bonchev–Trinajstić information content (AvgIpc) is 3.87. The van der Waals surface area contributed by atoms with Gasteiger partial charge in [-0.15, -0.1) is 11.3 Å². The second-order valence-corrected chi connectivity index (χ2v) is 16.5. The first-order valence-electron chi connectivity index (χ1n) is 18.8. The highest BCUT2D eigenvalue weighted by Gasteiger charge is 2.30. The molecule has 3 aromatic heterocycles. The Bertz CT molecular complexity index is 2940. The molecule has 0 spiro atoms. The Morgan fingerprint density at radius 1 is 0.618 bits per heavy atom. The molecule has 6 heteroatoms. The fourth-order valence-electron chi connectivity index (χ4n) is 8.17. The maximum Gasteiger partial charge on any atom is 0.137 e. The van der Waals surface area contributed by atoms with Gasteiger partial charge >= 0.3 is 0 Å². The Morgan fingerprint density at radius 2 is 1.33 bits per heavy atom. The van der Waals surface area contributed by atoms with Crippen LogP contribution >= 0.6 is 11.3 Å². The van der Waals surface area contributed by atoms with E-state index in [1.54, 1.807) is 0 Å². The number of aromatic nitrogens is 2. The number of thiophene rings is 1. The number of rotatable bonds is 6. The summed E-state index contributed by atoms with van der Waals surface area (Å²) in [5.41, 5.74) is 9.27. The summed E-state index contributed by atoms with van der Waals surface area (Å²) in [5.74, 6) is 2.46. The Morgan fingerprint density at radius 3 is 2.11 bits per heavy atom. The van der Waals surface area contributed by atoms with E-state index in [9.17, 15) is 0 Å². The normalized spacial score (nSPS) is 13.6. The molecule has 268 valence electrons. The lowest BCUT2D eigenvalue weighted by atomic mass is 9.88. The Labute approximate surface area is 325 Å². The van der Waals surface area contributed by atoms with Crippen LogP contribution in [0.4, 0.5) is 5.69 Å². The van der Waals surface area contributed by atoms with Gasteiger partial charge < -0.3 is 14.5 Å². The topological polar surface area (TPSA) is 33.5 Å². The van der Waals surface area contributed by atoms with Gasteiger partial charge in [0.2, 0.25) is 0 Å². The molecule has 1 aliphatic rings. The highest BCUT2D eigenvalue weighted by atomic mass is 32.1. The standard InChI is InChI=1S/C49H40N4OS/c1-49(2,3)34-26-27-50-44(28-34)53-41-30-37(22-23-38(41)39-24-25-43-45(48(39)53)40-20-11-12-21-42(40)55-43)54-36-19-13-18-35(29-36)52-31-51(4)46(32-14-7-5-8-15-32)47(52)33-16-9-6-10-17-33/h5-30H,31H2,1-4H3. The highest BCUT2D eigenvalue weighted by molar-refractivity contribution is 7.26. The molecule has 0 bridgehead atoms. The zero-order valence-corrected chi connectivity index (χ0v) is 32.1. The van der Waals surface area contributed by atoms with Crippen molar-refractivity contribution in [2.24, 2.45) is 0 Å². The molecule has 55 heavy (non-hydrogen) atoms. The maximum absolute atomic E-state index is 6.79. The van der Waals surface area contributed by atoms with Crippen molar-refractivity contribution in [3.05, 3.63) is 175 Å². The van der Waals surface area contributed by atoms with Crippen molar-refractivity contribution in [3.8, 4) is 17.3 Å². The summed E-state index contributed by atoms with van der Waals surface area (Å²) in [7, 11) is 2.17. The van der Waals surface area contributed by atoms with E-state index < -0.39 is 0 Å². The summed E-state index contributed by atoms with van der Waals surface area (Å²) >= 11 is 1.84. The molecule has 0 amide bonds. The number of ether oxygens (including phenoxy) is 1. The SMILES string of the molecule is CN1CN(c2cccc(Oc3ccc4c5ccc6sc7ccccc7c6c5n(-c5cc(C(C)(C)C)ccn5)c4c3)c2)C(c2ccccc2)=C1c1ccccc1. The third-order valence-electron chi connectivity index (χ3n) is 10.8. The van der Waals surface area contributed by atoms with E-state index in [-0.39, 0.29) is 5.41 Å². The molecule has 0 saturated heterocycles. The molecule has 0 N–H and O–H groups in total. The molecule has 4 heterocycles. The van der Waals surface area contributed by atoms with Crippen LogP contribution in [0.15, 0.2) is 158 Å². The van der Waals surface area contributed by atoms with Crippen molar-refractivity contribution >= 4 is 70.4 Å². The molecule has 0 unspecified atom stereocenters. The van der Waals surface area contributed by atoms with Crippen molar-refractivity contribution in [1.82, 2.24) is 14.5 Å². The summed E-state index contributed by atoms with van der Waals surface area (Å²) in [6.45, 7) is 7.48. The summed E-state index contributed by atoms with van der Waals surface area (Å²) in [6.07, 6.45) is 1.95. The van der Waals surface area contributed by atoms with Crippen LogP contribution in [0, 0.1) is 0 Å². The molecular formula is C49H40N4OS. The molecule has 0 radical (unpaired) electrons. The van der Waals surface area contributed by atoms with Gasteiger partial charge in [-0.3, -0.25) is 4.57 Å². The summed E-state index contributed by atoms with van der Waals surface area (Å²) < 4.78 is 11.7. The van der Waals surface area contributed by atoms with E-state index in [1.165, 1.54) is 64.5 Å². The lowest BCUT2D eigenvalue weighted by Crippen LogP contribution is -2.24. The molecular weight excluding hydrogens is 693 g/mol. The molecule has 0 saturated carbocycles. The van der Waals surface area contributed by atoms with Gasteiger partial charge in [0.15, 0.2) is 0 Å². The van der Waals surface area contributed by atoms with Crippen molar-refractivity contribution < 1.29 is 4.74 Å². The monoisotopic (exact) mass is 732 g/mol. The molecule has 5 nitrogen and oxygen atoms in total. The molecule has 1 aliphatic heterocycles. The maximum atomic E-state index is 6.79. The van der Waals surface area contributed by atoms with Gasteiger partial charge in [0, 0.05) is 67.6 Å². The molecule has 10 rings (SSSR count). The van der Waals surface area contributed by atoms with Crippen LogP contribution in [-0.4, -0.2) is 28.2 Å².